The number of morpholine rings is 1. The van der Waals surface area contributed by atoms with E-state index in [1.165, 1.54) is 9.75 Å². The maximum Gasteiger partial charge on any atom is 0.0670 e. The smallest absolute Gasteiger partial charge is 0.0670 e. The van der Waals surface area contributed by atoms with Crippen LogP contribution in [0.4, 0.5) is 0 Å². The number of hydrogen-bond acceptors (Lipinski definition) is 5. The number of rotatable bonds is 10. The Hall–Kier alpha value is -0.720. The molecule has 1 unspecified atom stereocenters. The molecule has 2 heterocycles. The van der Waals surface area contributed by atoms with Crippen molar-refractivity contribution >= 4 is 11.3 Å². The molecule has 130 valence electrons. The summed E-state index contributed by atoms with van der Waals surface area (Å²) in [6.07, 6.45) is 3.26. The second kappa shape index (κ2) is 10.2. The first-order valence-electron chi connectivity index (χ1n) is 8.54. The quantitative estimate of drug-likeness (QED) is 0.665. The maximum atomic E-state index is 10.3. The van der Waals surface area contributed by atoms with Crippen LogP contribution in [0.25, 0.3) is 0 Å². The molecule has 0 amide bonds. The molecule has 0 spiro atoms. The van der Waals surface area contributed by atoms with Crippen molar-refractivity contribution in [1.29, 1.82) is 0 Å². The molecule has 0 aromatic carbocycles. The maximum absolute atomic E-state index is 10.3. The first kappa shape index (κ1) is 18.6. The number of nitrogens with zero attached hydrogens (tertiary/aromatic N) is 2. The van der Waals surface area contributed by atoms with Crippen LogP contribution in [0, 0.1) is 6.92 Å². The van der Waals surface area contributed by atoms with Crippen LogP contribution in [0.15, 0.2) is 24.8 Å². The second-order valence-corrected chi connectivity index (χ2v) is 7.59. The van der Waals surface area contributed by atoms with Gasteiger partial charge in [0.15, 0.2) is 0 Å². The summed E-state index contributed by atoms with van der Waals surface area (Å²) >= 11 is 1.85. The van der Waals surface area contributed by atoms with Crippen molar-refractivity contribution < 1.29 is 9.84 Å². The summed E-state index contributed by atoms with van der Waals surface area (Å²) in [5.41, 5.74) is 0. The lowest BCUT2D eigenvalue weighted by Gasteiger charge is -2.30. The lowest BCUT2D eigenvalue weighted by Crippen LogP contribution is -2.42. The Balaban J connectivity index is 1.85. The second-order valence-electron chi connectivity index (χ2n) is 6.22. The van der Waals surface area contributed by atoms with E-state index < -0.39 is 0 Å². The number of allylic oxidation sites excluding steroid dienone is 1. The molecule has 1 aromatic heterocycles. The van der Waals surface area contributed by atoms with E-state index in [0.717, 1.165) is 65.3 Å². The highest BCUT2D eigenvalue weighted by Gasteiger charge is 2.16. The molecular weight excluding hydrogens is 308 g/mol. The molecule has 1 fully saturated rings. The fourth-order valence-electron chi connectivity index (χ4n) is 2.83. The minimum atomic E-state index is -0.279. The van der Waals surface area contributed by atoms with Gasteiger partial charge in [0.1, 0.15) is 0 Å². The van der Waals surface area contributed by atoms with Crippen molar-refractivity contribution in [3.05, 3.63) is 34.5 Å². The Kier molecular flexibility index (Phi) is 8.26. The van der Waals surface area contributed by atoms with Gasteiger partial charge in [-0.2, -0.15) is 0 Å². The number of thiophene rings is 1. The molecule has 1 aromatic rings. The topological polar surface area (TPSA) is 35.9 Å². The molecule has 1 saturated heterocycles. The molecule has 5 heteroatoms. The van der Waals surface area contributed by atoms with E-state index in [4.69, 9.17) is 4.74 Å². The average molecular weight is 339 g/mol. The summed E-state index contributed by atoms with van der Waals surface area (Å²) in [6.45, 7) is 13.3. The third-order valence-corrected chi connectivity index (χ3v) is 5.17. The third kappa shape index (κ3) is 7.14. The van der Waals surface area contributed by atoms with Gasteiger partial charge in [0, 0.05) is 49.0 Å². The highest BCUT2D eigenvalue weighted by Crippen LogP contribution is 2.17. The van der Waals surface area contributed by atoms with E-state index in [9.17, 15) is 5.11 Å². The summed E-state index contributed by atoms with van der Waals surface area (Å²) < 4.78 is 5.41. The van der Waals surface area contributed by atoms with Crippen LogP contribution in [-0.2, 0) is 11.3 Å². The van der Waals surface area contributed by atoms with Gasteiger partial charge in [-0.05, 0) is 31.9 Å². The van der Waals surface area contributed by atoms with Crippen LogP contribution in [0.1, 0.15) is 22.6 Å². The fraction of sp³-hybridized carbons (Fsp3) is 0.667. The zero-order valence-electron chi connectivity index (χ0n) is 14.2. The molecule has 23 heavy (non-hydrogen) atoms. The van der Waals surface area contributed by atoms with Crippen LogP contribution in [0.3, 0.4) is 0 Å². The van der Waals surface area contributed by atoms with Crippen molar-refractivity contribution in [3.8, 4) is 0 Å². The van der Waals surface area contributed by atoms with Crippen molar-refractivity contribution in [2.24, 2.45) is 0 Å². The lowest BCUT2D eigenvalue weighted by atomic mass is 10.2. The van der Waals surface area contributed by atoms with E-state index in [1.54, 1.807) is 0 Å². The van der Waals surface area contributed by atoms with Crippen LogP contribution in [0.5, 0.6) is 0 Å². The van der Waals surface area contributed by atoms with Gasteiger partial charge < -0.3 is 9.84 Å². The standard InChI is InChI=1S/C18H30N2O2S/c1-3-4-5-17(21)14-20(15-18-7-6-16(2)23-18)9-8-19-10-12-22-13-11-19/h3,6-7,17,21H,1,4-5,8-15H2,2H3. The third-order valence-electron chi connectivity index (χ3n) is 4.18. The van der Waals surface area contributed by atoms with Crippen LogP contribution >= 0.6 is 11.3 Å². The fourth-order valence-corrected chi connectivity index (χ4v) is 3.77. The highest BCUT2D eigenvalue weighted by atomic mass is 32.1. The van der Waals surface area contributed by atoms with E-state index in [2.05, 4.69) is 35.4 Å². The summed E-state index contributed by atoms with van der Waals surface area (Å²) in [5.74, 6) is 0. The first-order chi connectivity index (χ1) is 11.2. The Morgan fingerprint density at radius 1 is 1.43 bits per heavy atom. The van der Waals surface area contributed by atoms with Crippen molar-refractivity contribution in [2.75, 3.05) is 45.9 Å². The SMILES string of the molecule is C=CCCC(O)CN(CCN1CCOCC1)Cc1ccc(C)s1. The van der Waals surface area contributed by atoms with E-state index >= 15 is 0 Å². The molecule has 0 bridgehead atoms. The number of aliphatic hydroxyl groups excluding tert-OH is 1. The summed E-state index contributed by atoms with van der Waals surface area (Å²) in [4.78, 5) is 7.56. The molecule has 0 radical (unpaired) electrons. The number of aliphatic hydroxyl groups is 1. The molecule has 1 aliphatic rings. The predicted molar refractivity (Wildman–Crippen MR) is 97.0 cm³/mol. The molecule has 1 atom stereocenters. The Morgan fingerprint density at radius 2 is 2.22 bits per heavy atom. The van der Waals surface area contributed by atoms with Gasteiger partial charge in [-0.15, -0.1) is 17.9 Å². The largest absolute Gasteiger partial charge is 0.392 e. The minimum absolute atomic E-state index is 0.279. The summed E-state index contributed by atoms with van der Waals surface area (Å²) in [5, 5.41) is 10.3. The van der Waals surface area contributed by atoms with E-state index in [1.807, 2.05) is 17.4 Å². The Labute approximate surface area is 144 Å². The van der Waals surface area contributed by atoms with Gasteiger partial charge in [-0.1, -0.05) is 6.08 Å². The number of aryl methyl sites for hydroxylation is 1. The van der Waals surface area contributed by atoms with Crippen LogP contribution < -0.4 is 0 Å². The van der Waals surface area contributed by atoms with Crippen LogP contribution in [0.2, 0.25) is 0 Å². The van der Waals surface area contributed by atoms with Gasteiger partial charge >= 0.3 is 0 Å². The molecule has 0 saturated carbocycles. The van der Waals surface area contributed by atoms with Gasteiger partial charge in [0.05, 0.1) is 19.3 Å². The predicted octanol–water partition coefficient (Wildman–Crippen LogP) is 2.52. The lowest BCUT2D eigenvalue weighted by molar-refractivity contribution is 0.0289. The van der Waals surface area contributed by atoms with Gasteiger partial charge in [-0.25, -0.2) is 0 Å². The summed E-state index contributed by atoms with van der Waals surface area (Å²) in [7, 11) is 0. The monoisotopic (exact) mass is 338 g/mol. The van der Waals surface area contributed by atoms with Crippen LogP contribution in [-0.4, -0.2) is 66.9 Å². The molecule has 1 N–H and O–H groups in total. The first-order valence-corrected chi connectivity index (χ1v) is 9.35. The molecular formula is C18H30N2O2S. The Bertz CT molecular complexity index is 458. The van der Waals surface area contributed by atoms with E-state index in [-0.39, 0.29) is 6.10 Å². The summed E-state index contributed by atoms with van der Waals surface area (Å²) in [6, 6.07) is 4.38. The highest BCUT2D eigenvalue weighted by molar-refractivity contribution is 7.11. The van der Waals surface area contributed by atoms with Crippen molar-refractivity contribution in [1.82, 2.24) is 9.80 Å². The zero-order valence-corrected chi connectivity index (χ0v) is 15.1. The number of hydrogen-bond donors (Lipinski definition) is 1. The van der Waals surface area contributed by atoms with E-state index in [0.29, 0.717) is 0 Å². The zero-order chi connectivity index (χ0) is 16.5. The molecule has 4 nitrogen and oxygen atoms in total. The van der Waals surface area contributed by atoms with Crippen molar-refractivity contribution in [3.63, 3.8) is 0 Å². The average Bonchev–Trinajstić information content (AvgIpc) is 2.96. The van der Waals surface area contributed by atoms with Gasteiger partial charge in [0.2, 0.25) is 0 Å². The Morgan fingerprint density at radius 3 is 2.87 bits per heavy atom. The molecule has 0 aliphatic carbocycles. The van der Waals surface area contributed by atoms with Gasteiger partial charge in [0.25, 0.3) is 0 Å². The van der Waals surface area contributed by atoms with Crippen molar-refractivity contribution in [2.45, 2.75) is 32.4 Å². The molecule has 1 aliphatic heterocycles. The minimum Gasteiger partial charge on any atom is -0.392 e. The molecule has 2 rings (SSSR count). The number of ether oxygens (including phenoxy) is 1. The van der Waals surface area contributed by atoms with Gasteiger partial charge in [-0.3, -0.25) is 9.80 Å². The normalized spacial score (nSPS) is 17.5.